The van der Waals surface area contributed by atoms with Gasteiger partial charge in [-0.3, -0.25) is 9.48 Å². The first kappa shape index (κ1) is 16.7. The van der Waals surface area contributed by atoms with E-state index in [0.29, 0.717) is 23.6 Å². The second kappa shape index (κ2) is 6.22. The Bertz CT molecular complexity index is 846. The average molecular weight is 359 g/mol. The molecule has 0 bridgehead atoms. The Balaban J connectivity index is 1.41. The lowest BCUT2D eigenvalue weighted by molar-refractivity contribution is -0.117. The van der Waals surface area contributed by atoms with Crippen LogP contribution in [0.15, 0.2) is 12.4 Å². The van der Waals surface area contributed by atoms with Gasteiger partial charge >= 0.3 is 0 Å². The SMILES string of the molecule is Cc1nc(NC2CC(Cn3cc(F)cn3)C2)nc2c1NC(=O)[C@H](C)N2C. The molecule has 2 aromatic rings. The molecule has 1 aliphatic carbocycles. The Hall–Kier alpha value is -2.71. The van der Waals surface area contributed by atoms with Gasteiger partial charge in [0.25, 0.3) is 0 Å². The zero-order valence-corrected chi connectivity index (χ0v) is 15.0. The summed E-state index contributed by atoms with van der Waals surface area (Å²) < 4.78 is 14.6. The van der Waals surface area contributed by atoms with E-state index in [9.17, 15) is 9.18 Å². The van der Waals surface area contributed by atoms with Crippen molar-refractivity contribution in [2.75, 3.05) is 22.6 Å². The first-order chi connectivity index (χ1) is 12.4. The van der Waals surface area contributed by atoms with Crippen LogP contribution in [0.4, 0.5) is 21.8 Å². The maximum absolute atomic E-state index is 13.0. The van der Waals surface area contributed by atoms with Gasteiger partial charge in [0.2, 0.25) is 11.9 Å². The lowest BCUT2D eigenvalue weighted by atomic mass is 9.80. The fourth-order valence-corrected chi connectivity index (χ4v) is 3.50. The maximum Gasteiger partial charge on any atom is 0.246 e. The molecule has 0 spiro atoms. The van der Waals surface area contributed by atoms with E-state index in [2.05, 4.69) is 25.7 Å². The predicted octanol–water partition coefficient (Wildman–Crippen LogP) is 1.79. The van der Waals surface area contributed by atoms with Crippen LogP contribution in [0.2, 0.25) is 0 Å². The van der Waals surface area contributed by atoms with Crippen molar-refractivity contribution in [3.05, 3.63) is 23.9 Å². The molecule has 3 heterocycles. The predicted molar refractivity (Wildman–Crippen MR) is 95.6 cm³/mol. The number of nitrogens with one attached hydrogen (secondary N) is 2. The van der Waals surface area contributed by atoms with Gasteiger partial charge in [0.1, 0.15) is 11.7 Å². The maximum atomic E-state index is 13.0. The molecule has 1 amide bonds. The minimum atomic E-state index is -0.303. The van der Waals surface area contributed by atoms with Crippen LogP contribution in [0.5, 0.6) is 0 Å². The minimum Gasteiger partial charge on any atom is -0.351 e. The van der Waals surface area contributed by atoms with E-state index in [1.807, 2.05) is 25.8 Å². The van der Waals surface area contributed by atoms with Crippen molar-refractivity contribution in [2.24, 2.45) is 5.92 Å². The quantitative estimate of drug-likeness (QED) is 0.865. The highest BCUT2D eigenvalue weighted by atomic mass is 19.1. The summed E-state index contributed by atoms with van der Waals surface area (Å²) in [7, 11) is 1.86. The number of nitrogens with zero attached hydrogens (tertiary/aromatic N) is 5. The number of amides is 1. The highest BCUT2D eigenvalue weighted by Gasteiger charge is 2.33. The van der Waals surface area contributed by atoms with Crippen molar-refractivity contribution in [2.45, 2.75) is 45.3 Å². The Morgan fingerprint density at radius 1 is 1.38 bits per heavy atom. The highest BCUT2D eigenvalue weighted by Crippen LogP contribution is 2.34. The summed E-state index contributed by atoms with van der Waals surface area (Å²) in [6.07, 6.45) is 4.57. The number of hydrogen-bond donors (Lipinski definition) is 2. The first-order valence-corrected chi connectivity index (χ1v) is 8.77. The van der Waals surface area contributed by atoms with Gasteiger partial charge in [-0.05, 0) is 32.6 Å². The molecule has 2 N–H and O–H groups in total. The zero-order valence-electron chi connectivity index (χ0n) is 15.0. The molecule has 1 fully saturated rings. The van der Waals surface area contributed by atoms with E-state index in [1.54, 1.807) is 4.68 Å². The topological polar surface area (TPSA) is 88.0 Å². The minimum absolute atomic E-state index is 0.0516. The third-order valence-corrected chi connectivity index (χ3v) is 5.23. The fourth-order valence-electron chi connectivity index (χ4n) is 3.50. The summed E-state index contributed by atoms with van der Waals surface area (Å²) in [4.78, 5) is 22.9. The zero-order chi connectivity index (χ0) is 18.4. The molecule has 0 radical (unpaired) electrons. The van der Waals surface area contributed by atoms with Gasteiger partial charge in [-0.2, -0.15) is 10.1 Å². The van der Waals surface area contributed by atoms with Crippen LogP contribution < -0.4 is 15.5 Å². The van der Waals surface area contributed by atoms with Crippen molar-refractivity contribution in [3.63, 3.8) is 0 Å². The number of anilines is 3. The van der Waals surface area contributed by atoms with Crippen LogP contribution >= 0.6 is 0 Å². The van der Waals surface area contributed by atoms with E-state index in [-0.39, 0.29) is 17.8 Å². The second-order valence-corrected chi connectivity index (χ2v) is 7.17. The molecule has 138 valence electrons. The molecule has 1 saturated carbocycles. The number of likely N-dealkylation sites (N-methyl/N-ethyl adjacent to an activating group) is 1. The number of aromatic nitrogens is 4. The molecule has 9 heteroatoms. The van der Waals surface area contributed by atoms with Gasteiger partial charge < -0.3 is 15.5 Å². The van der Waals surface area contributed by atoms with Gasteiger partial charge in [0, 0.05) is 19.6 Å². The van der Waals surface area contributed by atoms with Gasteiger partial charge in [-0.15, -0.1) is 0 Å². The average Bonchev–Trinajstić information content (AvgIpc) is 2.97. The lowest BCUT2D eigenvalue weighted by Gasteiger charge is -2.36. The third kappa shape index (κ3) is 2.97. The van der Waals surface area contributed by atoms with Gasteiger partial charge in [-0.25, -0.2) is 9.37 Å². The van der Waals surface area contributed by atoms with Crippen molar-refractivity contribution < 1.29 is 9.18 Å². The Morgan fingerprint density at radius 3 is 2.85 bits per heavy atom. The number of halogens is 1. The van der Waals surface area contributed by atoms with Crippen LogP contribution in [0.1, 0.15) is 25.5 Å². The number of carbonyl (C=O) groups excluding carboxylic acids is 1. The molecular weight excluding hydrogens is 337 g/mol. The van der Waals surface area contributed by atoms with Gasteiger partial charge in [0.05, 0.1) is 18.1 Å². The van der Waals surface area contributed by atoms with Gasteiger partial charge in [-0.1, -0.05) is 0 Å². The van der Waals surface area contributed by atoms with Crippen LogP contribution in [-0.2, 0) is 11.3 Å². The number of aryl methyl sites for hydroxylation is 1. The second-order valence-electron chi connectivity index (χ2n) is 7.17. The smallest absolute Gasteiger partial charge is 0.246 e. The molecule has 26 heavy (non-hydrogen) atoms. The number of hydrogen-bond acceptors (Lipinski definition) is 6. The normalized spacial score (nSPS) is 24.7. The molecule has 1 atom stereocenters. The van der Waals surface area contributed by atoms with E-state index < -0.39 is 0 Å². The molecule has 2 aromatic heterocycles. The van der Waals surface area contributed by atoms with Crippen molar-refractivity contribution in [1.29, 1.82) is 0 Å². The monoisotopic (exact) mass is 359 g/mol. The van der Waals surface area contributed by atoms with E-state index in [4.69, 9.17) is 0 Å². The molecule has 0 aromatic carbocycles. The van der Waals surface area contributed by atoms with Crippen LogP contribution in [-0.4, -0.2) is 44.8 Å². The van der Waals surface area contributed by atoms with E-state index in [0.717, 1.165) is 30.9 Å². The number of carbonyl (C=O) groups is 1. The van der Waals surface area contributed by atoms with E-state index >= 15 is 0 Å². The molecule has 2 aliphatic rings. The lowest BCUT2D eigenvalue weighted by Crippen LogP contribution is -2.45. The Kier molecular flexibility index (Phi) is 4.01. The molecule has 1 aliphatic heterocycles. The van der Waals surface area contributed by atoms with Crippen molar-refractivity contribution >= 4 is 23.4 Å². The number of fused-ring (bicyclic) bond motifs is 1. The van der Waals surface area contributed by atoms with Gasteiger partial charge in [0.15, 0.2) is 11.6 Å². The highest BCUT2D eigenvalue weighted by molar-refractivity contribution is 6.03. The fraction of sp³-hybridized carbons (Fsp3) is 0.529. The molecule has 0 saturated heterocycles. The molecule has 4 rings (SSSR count). The summed E-state index contributed by atoms with van der Waals surface area (Å²) in [6, 6.07) is 0.0194. The Labute approximate surface area is 150 Å². The first-order valence-electron chi connectivity index (χ1n) is 8.77. The van der Waals surface area contributed by atoms with Crippen LogP contribution in [0.3, 0.4) is 0 Å². The third-order valence-electron chi connectivity index (χ3n) is 5.23. The van der Waals surface area contributed by atoms with E-state index in [1.165, 1.54) is 12.4 Å². The summed E-state index contributed by atoms with van der Waals surface area (Å²) in [6.45, 7) is 4.43. The molecule has 0 unspecified atom stereocenters. The van der Waals surface area contributed by atoms with Crippen molar-refractivity contribution in [1.82, 2.24) is 19.7 Å². The standard InChI is InChI=1S/C17H22FN7O/c1-9-14-15(24(3)10(2)16(26)22-14)23-17(20-9)21-13-4-11(5-13)7-25-8-12(18)6-19-25/h6,8,10-11,13H,4-5,7H2,1-3H3,(H,22,26)(H,20,21,23)/t10-,11?,13?/m0/s1. The van der Waals surface area contributed by atoms with Crippen LogP contribution in [0.25, 0.3) is 0 Å². The Morgan fingerprint density at radius 2 is 2.15 bits per heavy atom. The summed E-state index contributed by atoms with van der Waals surface area (Å²) in [5, 5.41) is 10.2. The summed E-state index contributed by atoms with van der Waals surface area (Å²) >= 11 is 0. The summed E-state index contributed by atoms with van der Waals surface area (Å²) in [5.41, 5.74) is 1.42. The molecular formula is C17H22FN7O. The molecule has 8 nitrogen and oxygen atoms in total. The number of rotatable bonds is 4. The largest absolute Gasteiger partial charge is 0.351 e. The summed E-state index contributed by atoms with van der Waals surface area (Å²) in [5.74, 6) is 1.42. The van der Waals surface area contributed by atoms with Crippen LogP contribution in [0, 0.1) is 18.7 Å². The van der Waals surface area contributed by atoms with Crippen molar-refractivity contribution in [3.8, 4) is 0 Å².